The highest BCUT2D eigenvalue weighted by Gasteiger charge is 2.33. The Morgan fingerprint density at radius 2 is 1.82 bits per heavy atom. The van der Waals surface area contributed by atoms with Gasteiger partial charge in [0.05, 0.1) is 5.69 Å². The molecule has 1 saturated heterocycles. The molecule has 2 aliphatic heterocycles. The van der Waals surface area contributed by atoms with Crippen LogP contribution in [0, 0.1) is 12.8 Å². The van der Waals surface area contributed by atoms with Crippen LogP contribution in [0.5, 0.6) is 0 Å². The van der Waals surface area contributed by atoms with E-state index in [0.717, 1.165) is 27.5 Å². The summed E-state index contributed by atoms with van der Waals surface area (Å²) in [6.45, 7) is 3.91. The molecule has 0 radical (unpaired) electrons. The number of halogens is 1. The summed E-state index contributed by atoms with van der Waals surface area (Å²) < 4.78 is 0. The standard InChI is InChI=1S/C22H23ClN2O2S/c1-15-4-2-3-5-18(15)22(27)24-10-8-16(9-11-24)21(26)25-12-13-28-20-7-6-17(23)14-19(20)25/h2-7,14,16H,8-13H2,1H3. The maximum absolute atomic E-state index is 13.2. The number of thioether (sulfide) groups is 1. The van der Waals surface area contributed by atoms with Crippen molar-refractivity contribution >= 4 is 40.9 Å². The molecule has 1 fully saturated rings. The molecule has 4 nitrogen and oxygen atoms in total. The summed E-state index contributed by atoms with van der Waals surface area (Å²) in [5.41, 5.74) is 2.67. The van der Waals surface area contributed by atoms with Crippen LogP contribution in [0.1, 0.15) is 28.8 Å². The predicted molar refractivity (Wildman–Crippen MR) is 114 cm³/mol. The van der Waals surface area contributed by atoms with Crippen molar-refractivity contribution < 1.29 is 9.59 Å². The van der Waals surface area contributed by atoms with E-state index < -0.39 is 0 Å². The molecule has 0 bridgehead atoms. The highest BCUT2D eigenvalue weighted by molar-refractivity contribution is 7.99. The smallest absolute Gasteiger partial charge is 0.254 e. The maximum Gasteiger partial charge on any atom is 0.254 e. The zero-order valence-electron chi connectivity index (χ0n) is 15.9. The molecule has 0 N–H and O–H groups in total. The fourth-order valence-corrected chi connectivity index (χ4v) is 5.09. The molecule has 4 rings (SSSR count). The summed E-state index contributed by atoms with van der Waals surface area (Å²) in [7, 11) is 0. The minimum atomic E-state index is -0.0455. The van der Waals surface area contributed by atoms with E-state index in [2.05, 4.69) is 0 Å². The lowest BCUT2D eigenvalue weighted by Crippen LogP contribution is -2.46. The first-order valence-electron chi connectivity index (χ1n) is 9.63. The van der Waals surface area contributed by atoms with Crippen molar-refractivity contribution in [1.29, 1.82) is 0 Å². The van der Waals surface area contributed by atoms with Crippen LogP contribution < -0.4 is 4.90 Å². The molecule has 0 unspecified atom stereocenters. The van der Waals surface area contributed by atoms with Crippen molar-refractivity contribution in [3.63, 3.8) is 0 Å². The number of likely N-dealkylation sites (tertiary alicyclic amines) is 1. The van der Waals surface area contributed by atoms with Crippen LogP contribution in [0.4, 0.5) is 5.69 Å². The van der Waals surface area contributed by atoms with Gasteiger partial charge in [-0.15, -0.1) is 11.8 Å². The van der Waals surface area contributed by atoms with Gasteiger partial charge in [0.15, 0.2) is 0 Å². The van der Waals surface area contributed by atoms with Crippen LogP contribution in [0.15, 0.2) is 47.4 Å². The second kappa shape index (κ2) is 8.18. The highest BCUT2D eigenvalue weighted by Crippen LogP contribution is 2.38. The number of hydrogen-bond donors (Lipinski definition) is 0. The molecule has 2 heterocycles. The molecule has 0 spiro atoms. The van der Waals surface area contributed by atoms with Crippen LogP contribution in [-0.2, 0) is 4.79 Å². The van der Waals surface area contributed by atoms with E-state index in [9.17, 15) is 9.59 Å². The molecule has 2 aromatic rings. The molecule has 6 heteroatoms. The Balaban J connectivity index is 1.43. The monoisotopic (exact) mass is 414 g/mol. The molecule has 0 aromatic heterocycles. The lowest BCUT2D eigenvalue weighted by atomic mass is 9.94. The van der Waals surface area contributed by atoms with Crippen molar-refractivity contribution in [2.75, 3.05) is 30.3 Å². The number of nitrogens with zero attached hydrogens (tertiary/aromatic N) is 2. The quantitative estimate of drug-likeness (QED) is 0.718. The summed E-state index contributed by atoms with van der Waals surface area (Å²) in [5.74, 6) is 1.07. The summed E-state index contributed by atoms with van der Waals surface area (Å²) in [6.07, 6.45) is 1.41. The summed E-state index contributed by atoms with van der Waals surface area (Å²) in [6, 6.07) is 13.4. The molecule has 28 heavy (non-hydrogen) atoms. The first kappa shape index (κ1) is 19.3. The normalized spacial score (nSPS) is 17.4. The van der Waals surface area contributed by atoms with Crippen LogP contribution in [0.2, 0.25) is 5.02 Å². The number of carbonyl (C=O) groups is 2. The van der Waals surface area contributed by atoms with Gasteiger partial charge in [0.25, 0.3) is 5.91 Å². The molecule has 0 saturated carbocycles. The third-order valence-electron chi connectivity index (χ3n) is 5.56. The van der Waals surface area contributed by atoms with Crippen LogP contribution in [0.25, 0.3) is 0 Å². The van der Waals surface area contributed by atoms with Crippen molar-refractivity contribution in [2.24, 2.45) is 5.92 Å². The van der Waals surface area contributed by atoms with Gasteiger partial charge in [-0.25, -0.2) is 0 Å². The fourth-order valence-electron chi connectivity index (χ4n) is 3.95. The number of hydrogen-bond acceptors (Lipinski definition) is 3. The number of rotatable bonds is 2. The van der Waals surface area contributed by atoms with E-state index in [1.165, 1.54) is 0 Å². The zero-order chi connectivity index (χ0) is 19.7. The first-order valence-corrected chi connectivity index (χ1v) is 11.0. The molecule has 2 amide bonds. The van der Waals surface area contributed by atoms with E-state index in [1.54, 1.807) is 11.8 Å². The van der Waals surface area contributed by atoms with Gasteiger partial charge >= 0.3 is 0 Å². The SMILES string of the molecule is Cc1ccccc1C(=O)N1CCC(C(=O)N2CCSc3ccc(Cl)cc32)CC1. The van der Waals surface area contributed by atoms with E-state index in [0.29, 0.717) is 37.5 Å². The van der Waals surface area contributed by atoms with Gasteiger partial charge in [-0.05, 0) is 49.6 Å². The number of benzene rings is 2. The predicted octanol–water partition coefficient (Wildman–Crippen LogP) is 4.64. The van der Waals surface area contributed by atoms with Gasteiger partial charge < -0.3 is 9.80 Å². The molecule has 0 aliphatic carbocycles. The lowest BCUT2D eigenvalue weighted by molar-refractivity contribution is -0.123. The topological polar surface area (TPSA) is 40.6 Å². The van der Waals surface area contributed by atoms with Crippen molar-refractivity contribution in [1.82, 2.24) is 4.90 Å². The summed E-state index contributed by atoms with van der Waals surface area (Å²) >= 11 is 7.93. The Labute approximate surface area is 174 Å². The fraction of sp³-hybridized carbons (Fsp3) is 0.364. The van der Waals surface area contributed by atoms with Crippen LogP contribution in [0.3, 0.4) is 0 Å². The van der Waals surface area contributed by atoms with Crippen LogP contribution in [-0.4, -0.2) is 42.1 Å². The van der Waals surface area contributed by atoms with Gasteiger partial charge in [-0.2, -0.15) is 0 Å². The number of amides is 2. The molecule has 2 aliphatic rings. The largest absolute Gasteiger partial charge is 0.339 e. The second-order valence-corrected chi connectivity index (χ2v) is 8.90. The van der Waals surface area contributed by atoms with Crippen molar-refractivity contribution in [3.8, 4) is 0 Å². The summed E-state index contributed by atoms with van der Waals surface area (Å²) in [4.78, 5) is 30.9. The molecule has 0 atom stereocenters. The van der Waals surface area contributed by atoms with E-state index in [-0.39, 0.29) is 17.7 Å². The molecule has 2 aromatic carbocycles. The minimum Gasteiger partial charge on any atom is -0.339 e. The average Bonchev–Trinajstić information content (AvgIpc) is 2.73. The second-order valence-electron chi connectivity index (χ2n) is 7.33. The minimum absolute atomic E-state index is 0.0455. The van der Waals surface area contributed by atoms with Gasteiger partial charge in [-0.1, -0.05) is 29.8 Å². The van der Waals surface area contributed by atoms with Gasteiger partial charge in [0, 0.05) is 46.8 Å². The zero-order valence-corrected chi connectivity index (χ0v) is 17.4. The Morgan fingerprint density at radius 1 is 1.07 bits per heavy atom. The van der Waals surface area contributed by atoms with E-state index in [1.807, 2.05) is 59.2 Å². The van der Waals surface area contributed by atoms with E-state index >= 15 is 0 Å². The van der Waals surface area contributed by atoms with Crippen molar-refractivity contribution in [3.05, 3.63) is 58.6 Å². The Bertz CT molecular complexity index is 909. The molecular weight excluding hydrogens is 392 g/mol. The van der Waals surface area contributed by atoms with Gasteiger partial charge in [0.1, 0.15) is 0 Å². The third kappa shape index (κ3) is 3.78. The number of aryl methyl sites for hydroxylation is 1. The molecular formula is C22H23ClN2O2S. The van der Waals surface area contributed by atoms with Gasteiger partial charge in [0.2, 0.25) is 5.91 Å². The number of piperidine rings is 1. The Kier molecular flexibility index (Phi) is 5.65. The molecule has 146 valence electrons. The first-order chi connectivity index (χ1) is 13.5. The average molecular weight is 415 g/mol. The third-order valence-corrected chi connectivity index (χ3v) is 6.84. The number of carbonyl (C=O) groups excluding carboxylic acids is 2. The van der Waals surface area contributed by atoms with E-state index in [4.69, 9.17) is 11.6 Å². The Hall–Kier alpha value is -1.98. The summed E-state index contributed by atoms with van der Waals surface area (Å²) in [5, 5.41) is 0.651. The van der Waals surface area contributed by atoms with Crippen LogP contribution >= 0.6 is 23.4 Å². The Morgan fingerprint density at radius 3 is 2.57 bits per heavy atom. The number of fused-ring (bicyclic) bond motifs is 1. The number of anilines is 1. The highest BCUT2D eigenvalue weighted by atomic mass is 35.5. The lowest BCUT2D eigenvalue weighted by Gasteiger charge is -2.36. The van der Waals surface area contributed by atoms with Crippen molar-refractivity contribution in [2.45, 2.75) is 24.7 Å². The van der Waals surface area contributed by atoms with Gasteiger partial charge in [-0.3, -0.25) is 9.59 Å². The maximum atomic E-state index is 13.2.